The van der Waals surface area contributed by atoms with Crippen LogP contribution >= 0.6 is 0 Å². The normalized spacial score (nSPS) is 11.9. The minimum absolute atomic E-state index is 0.0469. The molecule has 0 aliphatic heterocycles. The Kier molecular flexibility index (Phi) is 8.12. The van der Waals surface area contributed by atoms with Crippen molar-refractivity contribution in [3.63, 3.8) is 0 Å². The highest BCUT2D eigenvalue weighted by Crippen LogP contribution is 1.99. The van der Waals surface area contributed by atoms with Gasteiger partial charge in [0.25, 0.3) is 0 Å². The highest BCUT2D eigenvalue weighted by Gasteiger charge is 2.16. The molecule has 0 unspecified atom stereocenters. The van der Waals surface area contributed by atoms with Gasteiger partial charge in [-0.2, -0.15) is 0 Å². The molecule has 0 aromatic heterocycles. The van der Waals surface area contributed by atoms with Crippen molar-refractivity contribution in [2.45, 2.75) is 32.7 Å². The van der Waals surface area contributed by atoms with Crippen LogP contribution in [0.2, 0.25) is 0 Å². The highest BCUT2D eigenvalue weighted by atomic mass is 16.5. The number of hydrogen-bond acceptors (Lipinski definition) is 4. The number of amides is 1. The molecule has 0 bridgehead atoms. The molecule has 5 heteroatoms. The first-order valence-electron chi connectivity index (χ1n) is 6.11. The monoisotopic (exact) mass is 245 g/mol. The largest absolute Gasteiger partial charge is 0.383 e. The van der Waals surface area contributed by atoms with Gasteiger partial charge in [-0.15, -0.1) is 0 Å². The van der Waals surface area contributed by atoms with E-state index in [0.29, 0.717) is 19.7 Å². The Hall–Kier alpha value is -0.650. The van der Waals surface area contributed by atoms with Crippen molar-refractivity contribution in [1.82, 2.24) is 10.2 Å². The molecule has 102 valence electrons. The van der Waals surface area contributed by atoms with Crippen LogP contribution in [0.4, 0.5) is 0 Å². The minimum Gasteiger partial charge on any atom is -0.383 e. The molecule has 0 aromatic rings. The molecule has 0 saturated carbocycles. The van der Waals surface area contributed by atoms with Gasteiger partial charge >= 0.3 is 0 Å². The third-order valence-corrected chi connectivity index (χ3v) is 2.17. The van der Waals surface area contributed by atoms with Gasteiger partial charge in [-0.3, -0.25) is 9.69 Å². The van der Waals surface area contributed by atoms with Gasteiger partial charge in [0.1, 0.15) is 0 Å². The van der Waals surface area contributed by atoms with E-state index in [1.54, 1.807) is 7.11 Å². The number of methoxy groups -OCH3 is 1. The number of rotatable bonds is 8. The molecule has 0 aromatic carbocycles. The van der Waals surface area contributed by atoms with Crippen LogP contribution in [0.15, 0.2) is 0 Å². The Labute approximate surface area is 105 Å². The Bertz CT molecular complexity index is 206. The quantitative estimate of drug-likeness (QED) is 0.641. The summed E-state index contributed by atoms with van der Waals surface area (Å²) in [4.78, 5) is 13.8. The molecule has 5 nitrogen and oxygen atoms in total. The zero-order valence-corrected chi connectivity index (χ0v) is 11.6. The predicted octanol–water partition coefficient (Wildman–Crippen LogP) is 0.198. The molecule has 0 atom stereocenters. The summed E-state index contributed by atoms with van der Waals surface area (Å²) in [7, 11) is 1.66. The van der Waals surface area contributed by atoms with Gasteiger partial charge in [-0.25, -0.2) is 0 Å². The predicted molar refractivity (Wildman–Crippen MR) is 69.9 cm³/mol. The summed E-state index contributed by atoms with van der Waals surface area (Å²) in [6.07, 6.45) is 0.895. The van der Waals surface area contributed by atoms with Gasteiger partial charge in [0.2, 0.25) is 5.91 Å². The number of ether oxygens (including phenoxy) is 1. The Morgan fingerprint density at radius 2 is 2.00 bits per heavy atom. The SMILES string of the molecule is COCCN(CCCN)CC(=O)NC(C)(C)C. The van der Waals surface area contributed by atoms with E-state index in [1.807, 2.05) is 20.8 Å². The maximum Gasteiger partial charge on any atom is 0.234 e. The number of nitrogens with zero attached hydrogens (tertiary/aromatic N) is 1. The number of nitrogens with one attached hydrogen (secondary N) is 1. The zero-order valence-electron chi connectivity index (χ0n) is 11.6. The lowest BCUT2D eigenvalue weighted by molar-refractivity contribution is -0.123. The first-order valence-corrected chi connectivity index (χ1v) is 6.11. The van der Waals surface area contributed by atoms with E-state index in [2.05, 4.69) is 10.2 Å². The summed E-state index contributed by atoms with van der Waals surface area (Å²) in [5.41, 5.74) is 5.30. The van der Waals surface area contributed by atoms with Crippen LogP contribution in [0.5, 0.6) is 0 Å². The van der Waals surface area contributed by atoms with Crippen molar-refractivity contribution < 1.29 is 9.53 Å². The summed E-state index contributed by atoms with van der Waals surface area (Å²) in [5, 5.41) is 2.95. The fraction of sp³-hybridized carbons (Fsp3) is 0.917. The van der Waals surface area contributed by atoms with Crippen LogP contribution in [0, 0.1) is 0 Å². The second kappa shape index (κ2) is 8.44. The fourth-order valence-corrected chi connectivity index (χ4v) is 1.47. The van der Waals surface area contributed by atoms with Gasteiger partial charge in [0.05, 0.1) is 13.2 Å². The molecule has 0 spiro atoms. The standard InChI is InChI=1S/C12H27N3O2/c1-12(2,3)14-11(16)10-15(7-5-6-13)8-9-17-4/h5-10,13H2,1-4H3,(H,14,16). The molecule has 0 rings (SSSR count). The molecule has 3 N–H and O–H groups in total. The van der Waals surface area contributed by atoms with E-state index < -0.39 is 0 Å². The molecule has 0 aliphatic rings. The Balaban J connectivity index is 4.07. The van der Waals surface area contributed by atoms with Gasteiger partial charge in [-0.05, 0) is 40.3 Å². The molecule has 0 fully saturated rings. The number of carbonyl (C=O) groups is 1. The third kappa shape index (κ3) is 10.2. The second-order valence-corrected chi connectivity index (χ2v) is 5.21. The summed E-state index contributed by atoms with van der Waals surface area (Å²) in [5.74, 6) is 0.0469. The lowest BCUT2D eigenvalue weighted by Gasteiger charge is -2.25. The van der Waals surface area contributed by atoms with Crippen LogP contribution in [-0.2, 0) is 9.53 Å². The lowest BCUT2D eigenvalue weighted by Crippen LogP contribution is -2.46. The Morgan fingerprint density at radius 3 is 2.47 bits per heavy atom. The topological polar surface area (TPSA) is 67.6 Å². The van der Waals surface area contributed by atoms with E-state index in [4.69, 9.17) is 10.5 Å². The van der Waals surface area contributed by atoms with Gasteiger partial charge in [-0.1, -0.05) is 0 Å². The van der Waals surface area contributed by atoms with E-state index in [0.717, 1.165) is 19.5 Å². The second-order valence-electron chi connectivity index (χ2n) is 5.21. The van der Waals surface area contributed by atoms with Gasteiger partial charge in [0, 0.05) is 19.2 Å². The molecule has 1 amide bonds. The summed E-state index contributed by atoms with van der Waals surface area (Å²) >= 11 is 0. The summed E-state index contributed by atoms with van der Waals surface area (Å²) in [6, 6.07) is 0. The maximum atomic E-state index is 11.8. The van der Waals surface area contributed by atoms with Crippen LogP contribution in [-0.4, -0.2) is 56.2 Å². The van der Waals surface area contributed by atoms with Crippen LogP contribution < -0.4 is 11.1 Å². The third-order valence-electron chi connectivity index (χ3n) is 2.17. The van der Waals surface area contributed by atoms with Crippen molar-refractivity contribution in [2.75, 3.05) is 39.9 Å². The molecule has 17 heavy (non-hydrogen) atoms. The first-order chi connectivity index (χ1) is 7.89. The smallest absolute Gasteiger partial charge is 0.234 e. The average Bonchev–Trinajstić information content (AvgIpc) is 2.19. The van der Waals surface area contributed by atoms with Crippen LogP contribution in [0.25, 0.3) is 0 Å². The number of hydrogen-bond donors (Lipinski definition) is 2. The van der Waals surface area contributed by atoms with Crippen molar-refractivity contribution in [3.05, 3.63) is 0 Å². The first kappa shape index (κ1) is 16.4. The van der Waals surface area contributed by atoms with E-state index in [1.165, 1.54) is 0 Å². The summed E-state index contributed by atoms with van der Waals surface area (Å²) in [6.45, 7) is 9.20. The van der Waals surface area contributed by atoms with Crippen molar-refractivity contribution in [3.8, 4) is 0 Å². The molecule has 0 saturated heterocycles. The zero-order chi connectivity index (χ0) is 13.3. The fourth-order valence-electron chi connectivity index (χ4n) is 1.47. The molecule has 0 heterocycles. The van der Waals surface area contributed by atoms with Crippen LogP contribution in [0.1, 0.15) is 27.2 Å². The number of carbonyl (C=O) groups excluding carboxylic acids is 1. The van der Waals surface area contributed by atoms with Gasteiger partial charge in [0.15, 0.2) is 0 Å². The van der Waals surface area contributed by atoms with Crippen molar-refractivity contribution in [1.29, 1.82) is 0 Å². The number of nitrogens with two attached hydrogens (primary N) is 1. The molecular formula is C12H27N3O2. The highest BCUT2D eigenvalue weighted by molar-refractivity contribution is 5.78. The van der Waals surface area contributed by atoms with Crippen molar-refractivity contribution in [2.24, 2.45) is 5.73 Å². The Morgan fingerprint density at radius 1 is 1.35 bits per heavy atom. The van der Waals surface area contributed by atoms with E-state index in [-0.39, 0.29) is 11.4 Å². The molecular weight excluding hydrogens is 218 g/mol. The minimum atomic E-state index is -0.183. The lowest BCUT2D eigenvalue weighted by atomic mass is 10.1. The average molecular weight is 245 g/mol. The van der Waals surface area contributed by atoms with Gasteiger partial charge < -0.3 is 15.8 Å². The van der Waals surface area contributed by atoms with Crippen LogP contribution in [0.3, 0.4) is 0 Å². The molecule has 0 radical (unpaired) electrons. The maximum absolute atomic E-state index is 11.8. The molecule has 0 aliphatic carbocycles. The van der Waals surface area contributed by atoms with E-state index in [9.17, 15) is 4.79 Å². The van der Waals surface area contributed by atoms with E-state index >= 15 is 0 Å². The summed E-state index contributed by atoms with van der Waals surface area (Å²) < 4.78 is 5.03. The van der Waals surface area contributed by atoms with Crippen molar-refractivity contribution >= 4 is 5.91 Å².